The summed E-state index contributed by atoms with van der Waals surface area (Å²) in [6, 6.07) is 5.82. The van der Waals surface area contributed by atoms with E-state index >= 15 is 0 Å². The molecule has 0 aliphatic carbocycles. The van der Waals surface area contributed by atoms with Gasteiger partial charge in [0, 0.05) is 18.0 Å². The molecule has 0 unspecified atom stereocenters. The number of rotatable bonds is 4. The van der Waals surface area contributed by atoms with Crippen molar-refractivity contribution in [3.8, 4) is 11.5 Å². The Hall–Kier alpha value is -1.97. The maximum Gasteiger partial charge on any atom is 0.180 e. The monoisotopic (exact) mass is 242 g/mol. The van der Waals surface area contributed by atoms with Gasteiger partial charge in [-0.2, -0.15) is 0 Å². The zero-order valence-corrected chi connectivity index (χ0v) is 10.8. The molecule has 0 aliphatic rings. The van der Waals surface area contributed by atoms with Crippen molar-refractivity contribution < 1.29 is 0 Å². The highest BCUT2D eigenvalue weighted by atomic mass is 15.0. The van der Waals surface area contributed by atoms with E-state index in [1.165, 1.54) is 0 Å². The van der Waals surface area contributed by atoms with Crippen molar-refractivity contribution in [3.05, 3.63) is 35.7 Å². The molecule has 0 bridgehead atoms. The molecular formula is C14H18N4. The van der Waals surface area contributed by atoms with Crippen molar-refractivity contribution in [1.82, 2.24) is 15.0 Å². The summed E-state index contributed by atoms with van der Waals surface area (Å²) in [5.74, 6) is 1.15. The van der Waals surface area contributed by atoms with Gasteiger partial charge in [0.25, 0.3) is 0 Å². The van der Waals surface area contributed by atoms with E-state index in [0.29, 0.717) is 11.6 Å². The largest absolute Gasteiger partial charge is 0.384 e. The Kier molecular flexibility index (Phi) is 3.87. The van der Waals surface area contributed by atoms with Crippen LogP contribution in [0, 0.1) is 0 Å². The Morgan fingerprint density at radius 2 is 2.06 bits per heavy atom. The van der Waals surface area contributed by atoms with Crippen LogP contribution in [0.25, 0.3) is 11.5 Å². The fourth-order valence-corrected chi connectivity index (χ4v) is 1.93. The molecular weight excluding hydrogens is 224 g/mol. The van der Waals surface area contributed by atoms with Crippen LogP contribution in [0.3, 0.4) is 0 Å². The van der Waals surface area contributed by atoms with Gasteiger partial charge in [0.2, 0.25) is 0 Å². The fourth-order valence-electron chi connectivity index (χ4n) is 1.93. The van der Waals surface area contributed by atoms with Crippen LogP contribution in [0.2, 0.25) is 0 Å². The van der Waals surface area contributed by atoms with E-state index in [4.69, 9.17) is 5.73 Å². The topological polar surface area (TPSA) is 64.7 Å². The Balaban J connectivity index is 2.49. The molecule has 18 heavy (non-hydrogen) atoms. The molecule has 0 aliphatic heterocycles. The predicted octanol–water partition coefficient (Wildman–Crippen LogP) is 2.64. The minimum atomic E-state index is 0.510. The second-order valence-electron chi connectivity index (χ2n) is 4.22. The van der Waals surface area contributed by atoms with E-state index in [0.717, 1.165) is 36.2 Å². The van der Waals surface area contributed by atoms with Crippen molar-refractivity contribution in [2.24, 2.45) is 0 Å². The lowest BCUT2D eigenvalue weighted by Crippen LogP contribution is -2.03. The molecule has 0 saturated heterocycles. The van der Waals surface area contributed by atoms with Crippen LogP contribution in [-0.2, 0) is 12.8 Å². The maximum absolute atomic E-state index is 5.84. The molecule has 2 aromatic rings. The molecule has 0 aromatic carbocycles. The summed E-state index contributed by atoms with van der Waals surface area (Å²) >= 11 is 0. The third-order valence-electron chi connectivity index (χ3n) is 2.79. The van der Waals surface area contributed by atoms with Gasteiger partial charge in [-0.3, -0.25) is 4.98 Å². The molecule has 0 spiro atoms. The van der Waals surface area contributed by atoms with Gasteiger partial charge in [0.1, 0.15) is 11.5 Å². The van der Waals surface area contributed by atoms with Crippen molar-refractivity contribution in [2.45, 2.75) is 33.1 Å². The lowest BCUT2D eigenvalue weighted by molar-refractivity contribution is 0.874. The predicted molar refractivity (Wildman–Crippen MR) is 73.0 cm³/mol. The van der Waals surface area contributed by atoms with Crippen molar-refractivity contribution in [1.29, 1.82) is 0 Å². The normalized spacial score (nSPS) is 10.6. The van der Waals surface area contributed by atoms with Gasteiger partial charge in [-0.25, -0.2) is 9.97 Å². The highest BCUT2D eigenvalue weighted by Crippen LogP contribution is 2.19. The van der Waals surface area contributed by atoms with Crippen LogP contribution < -0.4 is 5.73 Å². The van der Waals surface area contributed by atoms with Crippen LogP contribution in [0.1, 0.15) is 31.5 Å². The first-order valence-electron chi connectivity index (χ1n) is 6.32. The van der Waals surface area contributed by atoms with Gasteiger partial charge in [-0.1, -0.05) is 26.3 Å². The average Bonchev–Trinajstić information content (AvgIpc) is 2.38. The van der Waals surface area contributed by atoms with Gasteiger partial charge in [0.15, 0.2) is 5.82 Å². The number of hydrogen-bond donors (Lipinski definition) is 1. The summed E-state index contributed by atoms with van der Waals surface area (Å²) in [5.41, 5.74) is 8.80. The van der Waals surface area contributed by atoms with Crippen LogP contribution in [0.4, 0.5) is 5.82 Å². The van der Waals surface area contributed by atoms with Crippen molar-refractivity contribution in [2.75, 3.05) is 5.73 Å². The molecule has 0 fully saturated rings. The van der Waals surface area contributed by atoms with Gasteiger partial charge in [-0.05, 0) is 24.5 Å². The molecule has 4 heteroatoms. The average molecular weight is 242 g/mol. The number of nitrogens with two attached hydrogens (primary N) is 1. The fraction of sp³-hybridized carbons (Fsp3) is 0.357. The zero-order chi connectivity index (χ0) is 13.0. The summed E-state index contributed by atoms with van der Waals surface area (Å²) in [4.78, 5) is 13.2. The summed E-state index contributed by atoms with van der Waals surface area (Å²) in [6.07, 6.45) is 4.62. The number of nitrogen functional groups attached to an aromatic ring is 1. The van der Waals surface area contributed by atoms with Gasteiger partial charge in [-0.15, -0.1) is 0 Å². The molecule has 0 radical (unpaired) electrons. The zero-order valence-electron chi connectivity index (χ0n) is 10.8. The quantitative estimate of drug-likeness (QED) is 0.895. The minimum Gasteiger partial charge on any atom is -0.384 e. The van der Waals surface area contributed by atoms with Crippen LogP contribution >= 0.6 is 0 Å². The van der Waals surface area contributed by atoms with E-state index < -0.39 is 0 Å². The number of hydrogen-bond acceptors (Lipinski definition) is 4. The number of nitrogens with zero attached hydrogens (tertiary/aromatic N) is 3. The highest BCUT2D eigenvalue weighted by molar-refractivity contribution is 5.56. The Labute approximate surface area is 107 Å². The molecule has 2 N–H and O–H groups in total. The third-order valence-corrected chi connectivity index (χ3v) is 2.79. The van der Waals surface area contributed by atoms with Crippen LogP contribution in [0.15, 0.2) is 24.4 Å². The van der Waals surface area contributed by atoms with Gasteiger partial charge >= 0.3 is 0 Å². The number of aryl methyl sites for hydroxylation is 2. The Morgan fingerprint density at radius 1 is 1.22 bits per heavy atom. The first-order valence-corrected chi connectivity index (χ1v) is 6.32. The van der Waals surface area contributed by atoms with Crippen molar-refractivity contribution >= 4 is 5.82 Å². The second kappa shape index (κ2) is 5.58. The smallest absolute Gasteiger partial charge is 0.180 e. The second-order valence-corrected chi connectivity index (χ2v) is 4.22. The molecule has 94 valence electrons. The van der Waals surface area contributed by atoms with Crippen LogP contribution in [-0.4, -0.2) is 15.0 Å². The van der Waals surface area contributed by atoms with Crippen molar-refractivity contribution in [3.63, 3.8) is 0 Å². The maximum atomic E-state index is 5.84. The Morgan fingerprint density at radius 3 is 2.78 bits per heavy atom. The minimum absolute atomic E-state index is 0.510. The van der Waals surface area contributed by atoms with Gasteiger partial charge < -0.3 is 5.73 Å². The first-order chi connectivity index (χ1) is 8.74. The number of aromatic nitrogens is 3. The summed E-state index contributed by atoms with van der Waals surface area (Å²) in [7, 11) is 0. The van der Waals surface area contributed by atoms with Gasteiger partial charge in [0.05, 0.1) is 0 Å². The lowest BCUT2D eigenvalue weighted by Gasteiger charge is -2.07. The molecule has 0 atom stereocenters. The van der Waals surface area contributed by atoms with E-state index in [1.807, 2.05) is 18.2 Å². The summed E-state index contributed by atoms with van der Waals surface area (Å²) in [6.45, 7) is 4.22. The lowest BCUT2D eigenvalue weighted by atomic mass is 10.1. The molecule has 2 rings (SSSR count). The highest BCUT2D eigenvalue weighted by Gasteiger charge is 2.10. The first kappa shape index (κ1) is 12.5. The summed E-state index contributed by atoms with van der Waals surface area (Å²) < 4.78 is 0. The van der Waals surface area contributed by atoms with Crippen LogP contribution in [0.5, 0.6) is 0 Å². The standard InChI is InChI=1S/C14H18N4/c1-3-6-11-9-12(15)18-14(17-11)13-10(4-2)7-5-8-16-13/h5,7-9H,3-4,6H2,1-2H3,(H2,15,17,18). The number of pyridine rings is 1. The third kappa shape index (κ3) is 2.64. The Bertz CT molecular complexity index is 537. The number of anilines is 1. The molecule has 2 heterocycles. The molecule has 0 amide bonds. The van der Waals surface area contributed by atoms with E-state index in [9.17, 15) is 0 Å². The molecule has 2 aromatic heterocycles. The van der Waals surface area contributed by atoms with E-state index in [2.05, 4.69) is 28.8 Å². The summed E-state index contributed by atoms with van der Waals surface area (Å²) in [5, 5.41) is 0. The SMILES string of the molecule is CCCc1cc(N)nc(-c2ncccc2CC)n1. The molecule has 4 nitrogen and oxygen atoms in total. The van der Waals surface area contributed by atoms with E-state index in [-0.39, 0.29) is 0 Å². The van der Waals surface area contributed by atoms with E-state index in [1.54, 1.807) is 6.20 Å². The molecule has 0 saturated carbocycles.